The number of benzene rings is 9. The topological polar surface area (TPSA) is 48.5 Å². The van der Waals surface area contributed by atoms with Crippen LogP contribution in [0.25, 0.3) is 120 Å². The van der Waals surface area contributed by atoms with E-state index in [1.807, 2.05) is 18.2 Å². The number of para-hydroxylation sites is 3. The molecular formula is C57H35N5S. The van der Waals surface area contributed by atoms with Crippen molar-refractivity contribution in [2.45, 2.75) is 0 Å². The van der Waals surface area contributed by atoms with E-state index in [9.17, 15) is 0 Å². The van der Waals surface area contributed by atoms with E-state index >= 15 is 0 Å². The Bertz CT molecular complexity index is 3850. The summed E-state index contributed by atoms with van der Waals surface area (Å²) in [4.78, 5) is 16.3. The van der Waals surface area contributed by atoms with Gasteiger partial charge in [-0.2, -0.15) is 9.97 Å². The van der Waals surface area contributed by atoms with E-state index in [1.54, 1.807) is 11.3 Å². The van der Waals surface area contributed by atoms with Crippen molar-refractivity contribution in [3.05, 3.63) is 212 Å². The second-order valence-electron chi connectivity index (χ2n) is 16.0. The van der Waals surface area contributed by atoms with E-state index in [1.165, 1.54) is 37.5 Å². The predicted molar refractivity (Wildman–Crippen MR) is 263 cm³/mol. The highest BCUT2D eigenvalue weighted by Gasteiger charge is 2.23. The van der Waals surface area contributed by atoms with Crippen molar-refractivity contribution < 1.29 is 0 Å². The molecule has 294 valence electrons. The molecule has 0 atom stereocenters. The fraction of sp³-hybridized carbons (Fsp3) is 0. The van der Waals surface area contributed by atoms with E-state index in [2.05, 4.69) is 203 Å². The Labute approximate surface area is 366 Å². The molecule has 0 radical (unpaired) electrons. The summed E-state index contributed by atoms with van der Waals surface area (Å²) in [6.45, 7) is 0. The second-order valence-corrected chi connectivity index (χ2v) is 17.0. The van der Waals surface area contributed by atoms with E-state index in [4.69, 9.17) is 15.0 Å². The fourth-order valence-electron chi connectivity index (χ4n) is 9.56. The molecule has 0 saturated heterocycles. The molecule has 0 amide bonds. The molecule has 9 aromatic carbocycles. The molecule has 0 aliphatic carbocycles. The monoisotopic (exact) mass is 821 g/mol. The number of aromatic nitrogens is 5. The van der Waals surface area contributed by atoms with Gasteiger partial charge in [0.1, 0.15) is 0 Å². The lowest BCUT2D eigenvalue weighted by Crippen LogP contribution is -2.06. The van der Waals surface area contributed by atoms with Gasteiger partial charge in [0.05, 0.1) is 22.1 Å². The SMILES string of the molecule is c1ccc(-c2ccc3c(c2)sc2c(-c4nc(-c5ccccc5)nc(-n5c6ccccc6c6c(-c7ccccc7)cccc65)n4)cc(-n4c5ccccc5c5ccccc54)cc23)cc1. The van der Waals surface area contributed by atoms with Crippen LogP contribution < -0.4 is 0 Å². The van der Waals surface area contributed by atoms with Crippen LogP contribution in [-0.4, -0.2) is 24.1 Å². The third-order valence-electron chi connectivity index (χ3n) is 12.4. The molecule has 0 N–H and O–H groups in total. The van der Waals surface area contributed by atoms with Crippen LogP contribution >= 0.6 is 11.3 Å². The summed E-state index contributed by atoms with van der Waals surface area (Å²) in [7, 11) is 0. The van der Waals surface area contributed by atoms with Crippen molar-refractivity contribution in [3.8, 4) is 56.7 Å². The summed E-state index contributed by atoms with van der Waals surface area (Å²) in [6.07, 6.45) is 0. The molecule has 0 fully saturated rings. The molecule has 13 rings (SSSR count). The summed E-state index contributed by atoms with van der Waals surface area (Å²) in [5, 5.41) is 7.10. The zero-order valence-corrected chi connectivity index (χ0v) is 34.7. The zero-order chi connectivity index (χ0) is 41.4. The van der Waals surface area contributed by atoms with E-state index in [0.29, 0.717) is 17.6 Å². The van der Waals surface area contributed by atoms with Gasteiger partial charge in [0.2, 0.25) is 5.95 Å². The van der Waals surface area contributed by atoms with Crippen LogP contribution in [-0.2, 0) is 0 Å². The minimum Gasteiger partial charge on any atom is -0.309 e. The Morgan fingerprint density at radius 3 is 1.60 bits per heavy atom. The van der Waals surface area contributed by atoms with Gasteiger partial charge >= 0.3 is 0 Å². The second kappa shape index (κ2) is 14.2. The van der Waals surface area contributed by atoms with E-state index in [0.717, 1.165) is 65.3 Å². The average Bonchev–Trinajstić information content (AvgIpc) is 4.02. The first-order valence-corrected chi connectivity index (χ1v) is 22.0. The van der Waals surface area contributed by atoms with Gasteiger partial charge in [-0.15, -0.1) is 11.3 Å². The van der Waals surface area contributed by atoms with Crippen LogP contribution in [0.1, 0.15) is 0 Å². The highest BCUT2D eigenvalue weighted by molar-refractivity contribution is 7.26. The maximum Gasteiger partial charge on any atom is 0.238 e. The molecule has 5 nitrogen and oxygen atoms in total. The van der Waals surface area contributed by atoms with Gasteiger partial charge in [0.25, 0.3) is 0 Å². The fourth-order valence-corrected chi connectivity index (χ4v) is 10.8. The summed E-state index contributed by atoms with van der Waals surface area (Å²) in [5.41, 5.74) is 12.0. The first kappa shape index (κ1) is 35.6. The van der Waals surface area contributed by atoms with Gasteiger partial charge in [-0.25, -0.2) is 4.98 Å². The lowest BCUT2D eigenvalue weighted by molar-refractivity contribution is 0.954. The van der Waals surface area contributed by atoms with E-state index < -0.39 is 0 Å². The first-order valence-electron chi connectivity index (χ1n) is 21.2. The standard InChI is InChI=1S/C57H35N5S/c1-4-17-36(18-5-1)39-31-32-44-46-34-40(61-48-27-13-10-23-42(48)43-24-11-14-28-49(43)61)35-47(54(46)63-52(44)33-39)56-58-55(38-21-8-3-9-22-38)59-57(60-56)62-50-29-15-12-25-45(50)53-41(26-16-30-51(53)62)37-19-6-2-7-20-37/h1-35H. The number of fused-ring (bicyclic) bond motifs is 9. The maximum atomic E-state index is 5.54. The molecule has 0 unspecified atom stereocenters. The average molecular weight is 822 g/mol. The van der Waals surface area contributed by atoms with Crippen LogP contribution in [0.2, 0.25) is 0 Å². The summed E-state index contributed by atoms with van der Waals surface area (Å²) in [6, 6.07) is 75.5. The van der Waals surface area contributed by atoms with Crippen LogP contribution in [0.5, 0.6) is 0 Å². The minimum atomic E-state index is 0.568. The molecule has 6 heteroatoms. The van der Waals surface area contributed by atoms with Crippen LogP contribution in [0.4, 0.5) is 0 Å². The Morgan fingerprint density at radius 1 is 0.333 bits per heavy atom. The van der Waals surface area contributed by atoms with Crippen molar-refractivity contribution in [3.63, 3.8) is 0 Å². The number of thiophene rings is 1. The number of nitrogens with zero attached hydrogens (tertiary/aromatic N) is 5. The van der Waals surface area contributed by atoms with Gasteiger partial charge in [-0.05, 0) is 64.7 Å². The quantitative estimate of drug-likeness (QED) is 0.168. The molecule has 0 aliphatic heterocycles. The van der Waals surface area contributed by atoms with Crippen molar-refractivity contribution in [1.29, 1.82) is 0 Å². The smallest absolute Gasteiger partial charge is 0.238 e. The number of hydrogen-bond donors (Lipinski definition) is 0. The highest BCUT2D eigenvalue weighted by atomic mass is 32.1. The highest BCUT2D eigenvalue weighted by Crippen LogP contribution is 2.45. The zero-order valence-electron chi connectivity index (χ0n) is 33.9. The first-order chi connectivity index (χ1) is 31.2. The lowest BCUT2D eigenvalue weighted by atomic mass is 9.99. The maximum absolute atomic E-state index is 5.54. The number of rotatable bonds is 6. The van der Waals surface area contributed by atoms with Crippen molar-refractivity contribution in [1.82, 2.24) is 24.1 Å². The van der Waals surface area contributed by atoms with Gasteiger partial charge in [-0.1, -0.05) is 170 Å². The van der Waals surface area contributed by atoms with Crippen LogP contribution in [0, 0.1) is 0 Å². The molecule has 0 bridgehead atoms. The summed E-state index contributed by atoms with van der Waals surface area (Å²) in [5.74, 6) is 1.80. The van der Waals surface area contributed by atoms with Crippen LogP contribution in [0.15, 0.2) is 212 Å². The predicted octanol–water partition coefficient (Wildman–Crippen LogP) is 15.1. The minimum absolute atomic E-state index is 0.568. The Morgan fingerprint density at radius 2 is 0.905 bits per heavy atom. The molecular weight excluding hydrogens is 787 g/mol. The van der Waals surface area contributed by atoms with Crippen molar-refractivity contribution in [2.75, 3.05) is 0 Å². The Balaban J connectivity index is 1.13. The lowest BCUT2D eigenvalue weighted by Gasteiger charge is -2.14. The summed E-state index contributed by atoms with van der Waals surface area (Å²) >= 11 is 1.80. The summed E-state index contributed by atoms with van der Waals surface area (Å²) < 4.78 is 6.96. The van der Waals surface area contributed by atoms with Crippen molar-refractivity contribution >= 4 is 75.1 Å². The Kier molecular flexibility index (Phi) is 8.01. The van der Waals surface area contributed by atoms with Crippen molar-refractivity contribution in [2.24, 2.45) is 0 Å². The van der Waals surface area contributed by atoms with E-state index in [-0.39, 0.29) is 0 Å². The molecule has 4 aromatic heterocycles. The third kappa shape index (κ3) is 5.66. The molecule has 0 spiro atoms. The van der Waals surface area contributed by atoms with Gasteiger partial charge in [-0.3, -0.25) is 4.57 Å². The molecule has 63 heavy (non-hydrogen) atoms. The molecule has 4 heterocycles. The normalized spacial score (nSPS) is 11.8. The van der Waals surface area contributed by atoms with Crippen LogP contribution in [0.3, 0.4) is 0 Å². The number of hydrogen-bond acceptors (Lipinski definition) is 4. The molecule has 0 saturated carbocycles. The van der Waals surface area contributed by atoms with Gasteiger partial charge in [0.15, 0.2) is 11.6 Å². The Hall–Kier alpha value is -8.19. The van der Waals surface area contributed by atoms with Gasteiger partial charge in [0, 0.05) is 58.5 Å². The van der Waals surface area contributed by atoms with Gasteiger partial charge < -0.3 is 4.57 Å². The third-order valence-corrected chi connectivity index (χ3v) is 13.6. The molecule has 13 aromatic rings. The largest absolute Gasteiger partial charge is 0.309 e. The molecule has 0 aliphatic rings.